The quantitative estimate of drug-likeness (QED) is 0.829. The van der Waals surface area contributed by atoms with E-state index in [2.05, 4.69) is 4.98 Å². The number of ether oxygens (including phenoxy) is 1. The fourth-order valence-corrected chi connectivity index (χ4v) is 2.84. The molecule has 0 saturated heterocycles. The molecule has 1 fully saturated rings. The van der Waals surface area contributed by atoms with Crippen LogP contribution >= 0.6 is 0 Å². The first-order valence-electron chi connectivity index (χ1n) is 7.14. The van der Waals surface area contributed by atoms with Crippen LogP contribution in [0.4, 0.5) is 4.39 Å². The van der Waals surface area contributed by atoms with Gasteiger partial charge >= 0.3 is 0 Å². The lowest BCUT2D eigenvalue weighted by molar-refractivity contribution is 0.140. The zero-order chi connectivity index (χ0) is 13.8. The number of hydrogen-bond donors (Lipinski definition) is 0. The first-order valence-corrected chi connectivity index (χ1v) is 7.14. The Kier molecular flexibility index (Phi) is 3.95. The van der Waals surface area contributed by atoms with E-state index in [1.165, 1.54) is 5.56 Å². The van der Waals surface area contributed by atoms with Crippen molar-refractivity contribution in [2.45, 2.75) is 37.7 Å². The third-order valence-corrected chi connectivity index (χ3v) is 3.94. The number of halogens is 1. The summed E-state index contributed by atoms with van der Waals surface area (Å²) in [5, 5.41) is 0. The second kappa shape index (κ2) is 6.04. The molecule has 0 spiro atoms. The predicted molar refractivity (Wildman–Crippen MR) is 76.3 cm³/mol. The van der Waals surface area contributed by atoms with Crippen LogP contribution in [0.5, 0.6) is 5.88 Å². The third kappa shape index (κ3) is 3.16. The Morgan fingerprint density at radius 2 is 1.70 bits per heavy atom. The third-order valence-electron chi connectivity index (χ3n) is 3.94. The first kappa shape index (κ1) is 13.1. The van der Waals surface area contributed by atoms with Gasteiger partial charge in [-0.15, -0.1) is 0 Å². The van der Waals surface area contributed by atoms with Gasteiger partial charge in [0, 0.05) is 12.3 Å². The van der Waals surface area contributed by atoms with Crippen molar-refractivity contribution in [1.29, 1.82) is 0 Å². The Balaban J connectivity index is 1.55. The maximum atomic E-state index is 12.9. The molecule has 0 amide bonds. The summed E-state index contributed by atoms with van der Waals surface area (Å²) in [6, 6.07) is 12.6. The van der Waals surface area contributed by atoms with Crippen molar-refractivity contribution in [3.05, 3.63) is 60.0 Å². The minimum absolute atomic E-state index is 0.166. The van der Waals surface area contributed by atoms with Crippen LogP contribution in [0.25, 0.3) is 0 Å². The zero-order valence-electron chi connectivity index (χ0n) is 11.3. The predicted octanol–water partition coefficient (Wildman–Crippen LogP) is 4.33. The maximum Gasteiger partial charge on any atom is 0.213 e. The summed E-state index contributed by atoms with van der Waals surface area (Å²) in [7, 11) is 0. The number of benzene rings is 1. The topological polar surface area (TPSA) is 22.1 Å². The standard InChI is InChI=1S/C17H18FNO/c18-15-8-4-13(5-9-15)14-6-10-16(11-7-14)20-17-3-1-2-12-19-17/h1-5,8-9,12,14,16H,6-7,10-11H2. The van der Waals surface area contributed by atoms with Gasteiger partial charge in [0.15, 0.2) is 0 Å². The molecule has 1 aliphatic rings. The van der Waals surface area contributed by atoms with Gasteiger partial charge in [0.1, 0.15) is 11.9 Å². The second-order valence-corrected chi connectivity index (χ2v) is 5.31. The number of nitrogens with zero attached hydrogens (tertiary/aromatic N) is 1. The molecule has 1 saturated carbocycles. The van der Waals surface area contributed by atoms with Crippen LogP contribution < -0.4 is 4.74 Å². The van der Waals surface area contributed by atoms with Gasteiger partial charge in [0.05, 0.1) is 0 Å². The Labute approximate surface area is 118 Å². The lowest BCUT2D eigenvalue weighted by Gasteiger charge is -2.28. The van der Waals surface area contributed by atoms with E-state index in [0.29, 0.717) is 11.8 Å². The van der Waals surface area contributed by atoms with Crippen LogP contribution in [0, 0.1) is 5.82 Å². The number of rotatable bonds is 3. The molecule has 0 aliphatic heterocycles. The molecule has 1 aliphatic carbocycles. The Hall–Kier alpha value is -1.90. The molecule has 0 unspecified atom stereocenters. The summed E-state index contributed by atoms with van der Waals surface area (Å²) in [6.45, 7) is 0. The van der Waals surface area contributed by atoms with Gasteiger partial charge in [-0.25, -0.2) is 9.37 Å². The van der Waals surface area contributed by atoms with Crippen molar-refractivity contribution in [2.75, 3.05) is 0 Å². The average molecular weight is 271 g/mol. The normalized spacial score (nSPS) is 22.4. The SMILES string of the molecule is Fc1ccc(C2CCC(Oc3ccccn3)CC2)cc1. The summed E-state index contributed by atoms with van der Waals surface area (Å²) in [4.78, 5) is 4.20. The number of pyridine rings is 1. The van der Waals surface area contributed by atoms with Gasteiger partial charge in [-0.1, -0.05) is 18.2 Å². The molecule has 104 valence electrons. The summed E-state index contributed by atoms with van der Waals surface area (Å²) < 4.78 is 18.8. The van der Waals surface area contributed by atoms with Crippen LogP contribution in [0.15, 0.2) is 48.7 Å². The molecule has 3 heteroatoms. The van der Waals surface area contributed by atoms with Crippen molar-refractivity contribution in [1.82, 2.24) is 4.98 Å². The molecule has 0 bridgehead atoms. The van der Waals surface area contributed by atoms with Gasteiger partial charge in [-0.05, 0) is 55.4 Å². The van der Waals surface area contributed by atoms with Crippen LogP contribution in [0.2, 0.25) is 0 Å². The first-order chi connectivity index (χ1) is 9.81. The van der Waals surface area contributed by atoms with Crippen LogP contribution in [0.1, 0.15) is 37.2 Å². The van der Waals surface area contributed by atoms with Gasteiger partial charge in [0.25, 0.3) is 0 Å². The lowest BCUT2D eigenvalue weighted by Crippen LogP contribution is -2.23. The summed E-state index contributed by atoms with van der Waals surface area (Å²) in [6.07, 6.45) is 6.23. The van der Waals surface area contributed by atoms with E-state index < -0.39 is 0 Å². The van der Waals surface area contributed by atoms with E-state index in [9.17, 15) is 4.39 Å². The highest BCUT2D eigenvalue weighted by atomic mass is 19.1. The molecule has 0 atom stereocenters. The van der Waals surface area contributed by atoms with Gasteiger partial charge in [-0.3, -0.25) is 0 Å². The van der Waals surface area contributed by atoms with Crippen molar-refractivity contribution < 1.29 is 9.13 Å². The molecule has 1 heterocycles. The molecule has 1 aromatic carbocycles. The Morgan fingerprint density at radius 3 is 2.35 bits per heavy atom. The molecule has 20 heavy (non-hydrogen) atoms. The fraction of sp³-hybridized carbons (Fsp3) is 0.353. The highest BCUT2D eigenvalue weighted by molar-refractivity contribution is 5.21. The molecule has 0 N–H and O–H groups in total. The molecular formula is C17H18FNO. The second-order valence-electron chi connectivity index (χ2n) is 5.31. The Bertz CT molecular complexity index is 533. The van der Waals surface area contributed by atoms with Crippen LogP contribution in [-0.2, 0) is 0 Å². The fourth-order valence-electron chi connectivity index (χ4n) is 2.84. The summed E-state index contributed by atoms with van der Waals surface area (Å²) in [5.41, 5.74) is 1.24. The van der Waals surface area contributed by atoms with E-state index in [1.54, 1.807) is 18.3 Å². The average Bonchev–Trinajstić information content (AvgIpc) is 2.50. The van der Waals surface area contributed by atoms with E-state index in [0.717, 1.165) is 25.7 Å². The van der Waals surface area contributed by atoms with Crippen molar-refractivity contribution in [3.8, 4) is 5.88 Å². The zero-order valence-corrected chi connectivity index (χ0v) is 11.3. The molecule has 0 radical (unpaired) electrons. The Morgan fingerprint density at radius 1 is 0.950 bits per heavy atom. The smallest absolute Gasteiger partial charge is 0.213 e. The van der Waals surface area contributed by atoms with Gasteiger partial charge in [-0.2, -0.15) is 0 Å². The van der Waals surface area contributed by atoms with Crippen molar-refractivity contribution in [3.63, 3.8) is 0 Å². The maximum absolute atomic E-state index is 12.9. The molecular weight excluding hydrogens is 253 g/mol. The minimum atomic E-state index is -0.166. The molecule has 3 rings (SSSR count). The van der Waals surface area contributed by atoms with Crippen LogP contribution in [-0.4, -0.2) is 11.1 Å². The van der Waals surface area contributed by atoms with E-state index in [1.807, 2.05) is 30.3 Å². The molecule has 2 nitrogen and oxygen atoms in total. The lowest BCUT2D eigenvalue weighted by atomic mass is 9.83. The monoisotopic (exact) mass is 271 g/mol. The summed E-state index contributed by atoms with van der Waals surface area (Å²) in [5.74, 6) is 1.07. The minimum Gasteiger partial charge on any atom is -0.474 e. The highest BCUT2D eigenvalue weighted by Crippen LogP contribution is 2.34. The van der Waals surface area contributed by atoms with Gasteiger partial charge < -0.3 is 4.74 Å². The van der Waals surface area contributed by atoms with E-state index >= 15 is 0 Å². The largest absolute Gasteiger partial charge is 0.474 e. The van der Waals surface area contributed by atoms with Crippen molar-refractivity contribution >= 4 is 0 Å². The highest BCUT2D eigenvalue weighted by Gasteiger charge is 2.23. The van der Waals surface area contributed by atoms with Crippen LogP contribution in [0.3, 0.4) is 0 Å². The molecule has 1 aromatic heterocycles. The van der Waals surface area contributed by atoms with E-state index in [4.69, 9.17) is 4.74 Å². The van der Waals surface area contributed by atoms with Gasteiger partial charge in [0.2, 0.25) is 5.88 Å². The van der Waals surface area contributed by atoms with Crippen molar-refractivity contribution in [2.24, 2.45) is 0 Å². The molecule has 2 aromatic rings. The summed E-state index contributed by atoms with van der Waals surface area (Å²) >= 11 is 0. The van der Waals surface area contributed by atoms with E-state index in [-0.39, 0.29) is 11.9 Å². The number of aromatic nitrogens is 1. The number of hydrogen-bond acceptors (Lipinski definition) is 2.